The molecule has 3 heteroatoms. The van der Waals surface area contributed by atoms with Crippen LogP contribution in [0.3, 0.4) is 0 Å². The molecule has 108 valence electrons. The van der Waals surface area contributed by atoms with Crippen molar-refractivity contribution in [2.75, 3.05) is 6.54 Å². The van der Waals surface area contributed by atoms with Crippen LogP contribution in [0, 0.1) is 6.92 Å². The topological polar surface area (TPSA) is 29.3 Å². The van der Waals surface area contributed by atoms with Crippen LogP contribution in [0.1, 0.15) is 61.7 Å². The quantitative estimate of drug-likeness (QED) is 0.899. The largest absolute Gasteiger partial charge is 0.326 e. The fourth-order valence-electron chi connectivity index (χ4n) is 3.17. The number of rotatable bonds is 4. The molecule has 0 amide bonds. The van der Waals surface area contributed by atoms with Crippen molar-refractivity contribution in [2.45, 2.75) is 71.0 Å². The molecule has 0 saturated carbocycles. The van der Waals surface area contributed by atoms with Crippen molar-refractivity contribution >= 4 is 11.3 Å². The van der Waals surface area contributed by atoms with E-state index in [1.807, 2.05) is 11.3 Å². The van der Waals surface area contributed by atoms with Gasteiger partial charge >= 0.3 is 0 Å². The second-order valence-corrected chi connectivity index (χ2v) is 7.22. The van der Waals surface area contributed by atoms with E-state index in [1.165, 1.54) is 42.0 Å². The minimum atomic E-state index is 0.249. The van der Waals surface area contributed by atoms with Crippen LogP contribution in [0.15, 0.2) is 12.1 Å². The maximum absolute atomic E-state index is 6.47. The first-order valence-corrected chi connectivity index (χ1v) is 8.52. The van der Waals surface area contributed by atoms with Crippen LogP contribution >= 0.6 is 11.3 Å². The number of nitrogens with two attached hydrogens (primary N) is 1. The summed E-state index contributed by atoms with van der Waals surface area (Å²) in [5.41, 5.74) is 6.47. The van der Waals surface area contributed by atoms with Crippen LogP contribution < -0.4 is 5.73 Å². The first-order chi connectivity index (χ1) is 9.13. The van der Waals surface area contributed by atoms with Gasteiger partial charge in [-0.15, -0.1) is 11.3 Å². The molecule has 2 nitrogen and oxygen atoms in total. The highest BCUT2D eigenvalue weighted by Crippen LogP contribution is 2.34. The van der Waals surface area contributed by atoms with Gasteiger partial charge in [-0.05, 0) is 51.8 Å². The van der Waals surface area contributed by atoms with Crippen molar-refractivity contribution in [1.82, 2.24) is 4.90 Å². The van der Waals surface area contributed by atoms with Gasteiger partial charge in [-0.1, -0.05) is 19.8 Å². The van der Waals surface area contributed by atoms with Crippen molar-refractivity contribution in [2.24, 2.45) is 5.73 Å². The van der Waals surface area contributed by atoms with E-state index in [4.69, 9.17) is 5.73 Å². The summed E-state index contributed by atoms with van der Waals surface area (Å²) in [6.45, 7) is 7.98. The molecule has 1 saturated heterocycles. The SMILES string of the molecule is CCC(N)C(c1ccc(C)s1)N1CCCCCC1C. The Balaban J connectivity index is 2.25. The molecular formula is C16H28N2S. The van der Waals surface area contributed by atoms with Crippen LogP contribution in [0.2, 0.25) is 0 Å². The molecule has 1 aromatic heterocycles. The minimum absolute atomic E-state index is 0.249. The van der Waals surface area contributed by atoms with Gasteiger partial charge in [0.15, 0.2) is 0 Å². The number of likely N-dealkylation sites (tertiary alicyclic amines) is 1. The third-order valence-electron chi connectivity index (χ3n) is 4.39. The van der Waals surface area contributed by atoms with Gasteiger partial charge in [0.1, 0.15) is 0 Å². The molecule has 1 aliphatic rings. The summed E-state index contributed by atoms with van der Waals surface area (Å²) in [6, 6.07) is 5.85. The Morgan fingerprint density at radius 3 is 2.79 bits per heavy atom. The van der Waals surface area contributed by atoms with E-state index in [-0.39, 0.29) is 6.04 Å². The molecule has 0 spiro atoms. The number of aryl methyl sites for hydroxylation is 1. The average molecular weight is 280 g/mol. The molecule has 3 atom stereocenters. The van der Waals surface area contributed by atoms with Crippen LogP contribution in [-0.4, -0.2) is 23.5 Å². The molecule has 0 bridgehead atoms. The lowest BCUT2D eigenvalue weighted by Crippen LogP contribution is -2.44. The Labute approximate surface area is 122 Å². The molecule has 0 aliphatic carbocycles. The van der Waals surface area contributed by atoms with Crippen LogP contribution in [0.5, 0.6) is 0 Å². The lowest BCUT2D eigenvalue weighted by molar-refractivity contribution is 0.127. The lowest BCUT2D eigenvalue weighted by Gasteiger charge is -2.38. The first kappa shape index (κ1) is 15.0. The van der Waals surface area contributed by atoms with E-state index in [1.54, 1.807) is 0 Å². The molecule has 3 unspecified atom stereocenters. The maximum atomic E-state index is 6.47. The van der Waals surface area contributed by atoms with Crippen molar-refractivity contribution in [3.8, 4) is 0 Å². The molecule has 2 heterocycles. The van der Waals surface area contributed by atoms with Crippen LogP contribution in [0.25, 0.3) is 0 Å². The molecule has 2 rings (SSSR count). The van der Waals surface area contributed by atoms with E-state index < -0.39 is 0 Å². The Bertz CT molecular complexity index is 388. The standard InChI is InChI=1S/C16H28N2S/c1-4-14(17)16(15-10-9-13(3)19-15)18-11-7-5-6-8-12(18)2/h9-10,12,14,16H,4-8,11,17H2,1-3H3. The molecule has 0 aromatic carbocycles. The summed E-state index contributed by atoms with van der Waals surface area (Å²) < 4.78 is 0. The minimum Gasteiger partial charge on any atom is -0.326 e. The second kappa shape index (κ2) is 6.87. The van der Waals surface area contributed by atoms with E-state index in [0.29, 0.717) is 12.1 Å². The van der Waals surface area contributed by atoms with E-state index in [9.17, 15) is 0 Å². The van der Waals surface area contributed by atoms with Crippen molar-refractivity contribution in [3.63, 3.8) is 0 Å². The average Bonchev–Trinajstić information content (AvgIpc) is 2.71. The highest BCUT2D eigenvalue weighted by molar-refractivity contribution is 7.12. The normalized spacial score (nSPS) is 24.9. The summed E-state index contributed by atoms with van der Waals surface area (Å²) in [6.07, 6.45) is 6.43. The zero-order valence-electron chi connectivity index (χ0n) is 12.6. The predicted octanol–water partition coefficient (Wildman–Crippen LogP) is 4.10. The zero-order chi connectivity index (χ0) is 13.8. The Kier molecular flexibility index (Phi) is 5.43. The molecule has 2 N–H and O–H groups in total. The molecule has 0 radical (unpaired) electrons. The maximum Gasteiger partial charge on any atom is 0.0595 e. The van der Waals surface area contributed by atoms with Gasteiger partial charge in [-0.25, -0.2) is 0 Å². The monoisotopic (exact) mass is 280 g/mol. The van der Waals surface area contributed by atoms with Crippen LogP contribution in [0.4, 0.5) is 0 Å². The zero-order valence-corrected chi connectivity index (χ0v) is 13.4. The molecule has 19 heavy (non-hydrogen) atoms. The first-order valence-electron chi connectivity index (χ1n) is 7.71. The van der Waals surface area contributed by atoms with E-state index in [0.717, 1.165) is 6.42 Å². The summed E-state index contributed by atoms with van der Waals surface area (Å²) >= 11 is 1.92. The van der Waals surface area contributed by atoms with Gasteiger partial charge < -0.3 is 5.73 Å². The van der Waals surface area contributed by atoms with Gasteiger partial charge in [0, 0.05) is 21.8 Å². The third kappa shape index (κ3) is 3.59. The number of nitrogens with zero attached hydrogens (tertiary/aromatic N) is 1. The summed E-state index contributed by atoms with van der Waals surface area (Å²) in [5.74, 6) is 0. The fraction of sp³-hybridized carbons (Fsp3) is 0.750. The van der Waals surface area contributed by atoms with Crippen LogP contribution in [-0.2, 0) is 0 Å². The van der Waals surface area contributed by atoms with Crippen molar-refractivity contribution < 1.29 is 0 Å². The third-order valence-corrected chi connectivity index (χ3v) is 5.46. The van der Waals surface area contributed by atoms with Crippen molar-refractivity contribution in [1.29, 1.82) is 0 Å². The van der Waals surface area contributed by atoms with Crippen molar-refractivity contribution in [3.05, 3.63) is 21.9 Å². The smallest absolute Gasteiger partial charge is 0.0595 e. The molecular weight excluding hydrogens is 252 g/mol. The van der Waals surface area contributed by atoms with E-state index in [2.05, 4.69) is 37.8 Å². The summed E-state index contributed by atoms with van der Waals surface area (Å²) in [7, 11) is 0. The Morgan fingerprint density at radius 2 is 2.16 bits per heavy atom. The van der Waals surface area contributed by atoms with Gasteiger partial charge in [0.05, 0.1) is 6.04 Å². The second-order valence-electron chi connectivity index (χ2n) is 5.90. The Hall–Kier alpha value is -0.380. The van der Waals surface area contributed by atoms with E-state index >= 15 is 0 Å². The summed E-state index contributed by atoms with van der Waals surface area (Å²) in [5, 5.41) is 0. The van der Waals surface area contributed by atoms with Gasteiger partial charge in [0.25, 0.3) is 0 Å². The molecule has 1 aromatic rings. The van der Waals surface area contributed by atoms with Gasteiger partial charge in [-0.2, -0.15) is 0 Å². The molecule has 1 fully saturated rings. The Morgan fingerprint density at radius 1 is 1.37 bits per heavy atom. The number of hydrogen-bond donors (Lipinski definition) is 1. The highest BCUT2D eigenvalue weighted by atomic mass is 32.1. The van der Waals surface area contributed by atoms with Gasteiger partial charge in [0.2, 0.25) is 0 Å². The number of hydrogen-bond acceptors (Lipinski definition) is 3. The highest BCUT2D eigenvalue weighted by Gasteiger charge is 2.30. The lowest BCUT2D eigenvalue weighted by atomic mass is 10.0. The molecule has 1 aliphatic heterocycles. The summed E-state index contributed by atoms with van der Waals surface area (Å²) in [4.78, 5) is 5.53. The van der Waals surface area contributed by atoms with Gasteiger partial charge in [-0.3, -0.25) is 4.90 Å². The number of thiophene rings is 1. The predicted molar refractivity (Wildman–Crippen MR) is 84.7 cm³/mol. The fourth-order valence-corrected chi connectivity index (χ4v) is 4.24.